The number of nitrogens with one attached hydrogen (secondary N) is 1. The van der Waals surface area contributed by atoms with Crippen molar-refractivity contribution < 1.29 is 14.7 Å². The van der Waals surface area contributed by atoms with Gasteiger partial charge in [0, 0.05) is 43.0 Å². The number of anilines is 1. The van der Waals surface area contributed by atoms with Crippen molar-refractivity contribution in [3.8, 4) is 0 Å². The molecule has 2 aliphatic rings. The van der Waals surface area contributed by atoms with Crippen molar-refractivity contribution >= 4 is 23.4 Å². The van der Waals surface area contributed by atoms with Crippen LogP contribution in [0.2, 0.25) is 0 Å². The maximum atomic E-state index is 12.8. The summed E-state index contributed by atoms with van der Waals surface area (Å²) in [5.74, 6) is -0.641. The summed E-state index contributed by atoms with van der Waals surface area (Å²) in [6.45, 7) is 4.64. The molecular formula is C20H29N5O3. The second-order valence-electron chi connectivity index (χ2n) is 7.57. The van der Waals surface area contributed by atoms with Gasteiger partial charge in [0.15, 0.2) is 0 Å². The van der Waals surface area contributed by atoms with E-state index in [1.165, 1.54) is 0 Å². The van der Waals surface area contributed by atoms with Crippen molar-refractivity contribution in [2.24, 2.45) is 5.73 Å². The molecule has 3 rings (SSSR count). The Balaban J connectivity index is 1.60. The fourth-order valence-corrected chi connectivity index (χ4v) is 4.31. The first-order chi connectivity index (χ1) is 13.4. The predicted molar refractivity (Wildman–Crippen MR) is 108 cm³/mol. The predicted octanol–water partition coefficient (Wildman–Crippen LogP) is 0.947. The molecule has 2 heterocycles. The monoisotopic (exact) mass is 387 g/mol. The summed E-state index contributed by atoms with van der Waals surface area (Å²) in [7, 11) is 0. The molecule has 0 radical (unpaired) electrons. The molecule has 0 bridgehead atoms. The minimum Gasteiger partial charge on any atom is -0.480 e. The topological polar surface area (TPSA) is 114 Å². The smallest absolute Gasteiger partial charge is 0.317 e. The Morgan fingerprint density at radius 3 is 2.54 bits per heavy atom. The van der Waals surface area contributed by atoms with E-state index < -0.39 is 5.97 Å². The molecule has 2 fully saturated rings. The van der Waals surface area contributed by atoms with Gasteiger partial charge in [-0.25, -0.2) is 0 Å². The van der Waals surface area contributed by atoms with Crippen molar-refractivity contribution in [3.63, 3.8) is 0 Å². The summed E-state index contributed by atoms with van der Waals surface area (Å²) < 4.78 is 0. The summed E-state index contributed by atoms with van der Waals surface area (Å²) in [6, 6.07) is 7.80. The van der Waals surface area contributed by atoms with Gasteiger partial charge in [-0.2, -0.15) is 0 Å². The van der Waals surface area contributed by atoms with Crippen LogP contribution >= 0.6 is 0 Å². The molecule has 28 heavy (non-hydrogen) atoms. The number of rotatable bonds is 6. The largest absolute Gasteiger partial charge is 0.480 e. The molecule has 0 saturated carbocycles. The number of nitrogens with two attached hydrogens (primary N) is 1. The highest BCUT2D eigenvalue weighted by Crippen LogP contribution is 2.26. The Bertz CT molecular complexity index is 736. The van der Waals surface area contributed by atoms with Crippen molar-refractivity contribution in [3.05, 3.63) is 29.8 Å². The standard InChI is InChI=1S/C20H29N5O3/c1-2-15-11-17(7-8-23(15)13-19(27)28)25-10-9-24(12-18(25)26)16-5-3-14(4-6-16)20(21)22/h3-6,15,17H,2,7-13H2,1H3,(H3,21,22)(H,27,28). The molecule has 0 spiro atoms. The molecule has 4 N–H and O–H groups in total. The molecule has 152 valence electrons. The Hall–Kier alpha value is -2.61. The normalized spacial score (nSPS) is 23.7. The summed E-state index contributed by atoms with van der Waals surface area (Å²) >= 11 is 0. The van der Waals surface area contributed by atoms with E-state index in [0.717, 1.165) is 38.0 Å². The lowest BCUT2D eigenvalue weighted by Gasteiger charge is -2.45. The molecule has 0 aliphatic carbocycles. The highest BCUT2D eigenvalue weighted by atomic mass is 16.4. The summed E-state index contributed by atoms with van der Waals surface area (Å²) in [5, 5.41) is 16.6. The number of hydrogen-bond acceptors (Lipinski definition) is 5. The molecule has 8 heteroatoms. The second kappa shape index (κ2) is 8.60. The quantitative estimate of drug-likeness (QED) is 0.495. The van der Waals surface area contributed by atoms with Gasteiger partial charge in [-0.1, -0.05) is 6.92 Å². The third kappa shape index (κ3) is 4.44. The average molecular weight is 387 g/mol. The van der Waals surface area contributed by atoms with Crippen LogP contribution in [0.4, 0.5) is 5.69 Å². The number of amides is 1. The van der Waals surface area contributed by atoms with Crippen molar-refractivity contribution in [1.82, 2.24) is 9.80 Å². The van der Waals surface area contributed by atoms with Crippen LogP contribution in [-0.4, -0.2) is 77.4 Å². The molecule has 1 aromatic carbocycles. The molecule has 8 nitrogen and oxygen atoms in total. The van der Waals surface area contributed by atoms with E-state index in [4.69, 9.17) is 16.2 Å². The highest BCUT2D eigenvalue weighted by Gasteiger charge is 2.35. The minimum atomic E-state index is -0.794. The lowest BCUT2D eigenvalue weighted by Crippen LogP contribution is -2.58. The highest BCUT2D eigenvalue weighted by molar-refractivity contribution is 5.95. The molecular weight excluding hydrogens is 358 g/mol. The molecule has 2 atom stereocenters. The molecule has 0 aromatic heterocycles. The fourth-order valence-electron chi connectivity index (χ4n) is 4.31. The number of amidine groups is 1. The van der Waals surface area contributed by atoms with Gasteiger partial charge in [0.05, 0.1) is 13.1 Å². The number of aliphatic carboxylic acids is 1. The number of piperidine rings is 1. The van der Waals surface area contributed by atoms with Crippen LogP contribution < -0.4 is 10.6 Å². The van der Waals surface area contributed by atoms with Crippen LogP contribution in [-0.2, 0) is 9.59 Å². The number of likely N-dealkylation sites (tertiary alicyclic amines) is 1. The van der Waals surface area contributed by atoms with Crippen LogP contribution in [0, 0.1) is 5.41 Å². The number of carbonyl (C=O) groups excluding carboxylic acids is 1. The van der Waals surface area contributed by atoms with E-state index in [0.29, 0.717) is 18.7 Å². The number of benzene rings is 1. The zero-order valence-electron chi connectivity index (χ0n) is 16.3. The molecule has 1 amide bonds. The summed E-state index contributed by atoms with van der Waals surface area (Å²) in [4.78, 5) is 30.0. The molecule has 1 aromatic rings. The van der Waals surface area contributed by atoms with E-state index in [1.54, 1.807) is 12.1 Å². The van der Waals surface area contributed by atoms with Gasteiger partial charge in [-0.05, 0) is 43.5 Å². The molecule has 2 unspecified atom stereocenters. The van der Waals surface area contributed by atoms with Crippen LogP contribution in [0.1, 0.15) is 31.7 Å². The number of carbonyl (C=O) groups is 2. The van der Waals surface area contributed by atoms with Crippen molar-refractivity contribution in [2.75, 3.05) is 37.6 Å². The van der Waals surface area contributed by atoms with E-state index in [-0.39, 0.29) is 30.4 Å². The lowest BCUT2D eigenvalue weighted by molar-refractivity contribution is -0.141. The summed E-state index contributed by atoms with van der Waals surface area (Å²) in [5.41, 5.74) is 7.13. The molecule has 2 saturated heterocycles. The zero-order chi connectivity index (χ0) is 20.3. The maximum absolute atomic E-state index is 12.8. The minimum absolute atomic E-state index is 0.0344. The second-order valence-corrected chi connectivity index (χ2v) is 7.57. The van der Waals surface area contributed by atoms with E-state index in [1.807, 2.05) is 21.9 Å². The SMILES string of the molecule is CCC1CC(N2CCN(c3ccc(C(=N)N)cc3)CC2=O)CCN1CC(=O)O. The Labute approximate surface area is 165 Å². The van der Waals surface area contributed by atoms with Gasteiger partial charge >= 0.3 is 5.97 Å². The lowest BCUT2D eigenvalue weighted by atomic mass is 9.93. The van der Waals surface area contributed by atoms with Gasteiger partial charge in [0.1, 0.15) is 5.84 Å². The first kappa shape index (κ1) is 20.1. The number of nitrogen functional groups attached to an aromatic ring is 1. The van der Waals surface area contributed by atoms with E-state index in [9.17, 15) is 9.59 Å². The van der Waals surface area contributed by atoms with Crippen molar-refractivity contribution in [1.29, 1.82) is 5.41 Å². The van der Waals surface area contributed by atoms with Crippen molar-refractivity contribution in [2.45, 2.75) is 38.3 Å². The Kier molecular flexibility index (Phi) is 6.18. The van der Waals surface area contributed by atoms with Gasteiger partial charge < -0.3 is 20.6 Å². The number of carboxylic acid groups (broad SMARTS) is 1. The number of piperazine rings is 1. The van der Waals surface area contributed by atoms with Crippen LogP contribution in [0.15, 0.2) is 24.3 Å². The maximum Gasteiger partial charge on any atom is 0.317 e. The van der Waals surface area contributed by atoms with E-state index >= 15 is 0 Å². The fraction of sp³-hybridized carbons (Fsp3) is 0.550. The average Bonchev–Trinajstić information content (AvgIpc) is 2.68. The zero-order valence-corrected chi connectivity index (χ0v) is 16.3. The first-order valence-corrected chi connectivity index (χ1v) is 9.83. The first-order valence-electron chi connectivity index (χ1n) is 9.83. The van der Waals surface area contributed by atoms with Crippen LogP contribution in [0.25, 0.3) is 0 Å². The van der Waals surface area contributed by atoms with Gasteiger partial charge in [0.2, 0.25) is 5.91 Å². The van der Waals surface area contributed by atoms with E-state index in [2.05, 4.69) is 11.8 Å². The van der Waals surface area contributed by atoms with Gasteiger partial charge in [-0.15, -0.1) is 0 Å². The van der Waals surface area contributed by atoms with Gasteiger partial charge in [-0.3, -0.25) is 19.9 Å². The van der Waals surface area contributed by atoms with Crippen LogP contribution in [0.3, 0.4) is 0 Å². The summed E-state index contributed by atoms with van der Waals surface area (Å²) in [6.07, 6.45) is 2.55. The van der Waals surface area contributed by atoms with Gasteiger partial charge in [0.25, 0.3) is 0 Å². The number of hydrogen-bond donors (Lipinski definition) is 3. The van der Waals surface area contributed by atoms with Crippen LogP contribution in [0.5, 0.6) is 0 Å². The molecule has 2 aliphatic heterocycles. The number of nitrogens with zero attached hydrogens (tertiary/aromatic N) is 3. The Morgan fingerprint density at radius 1 is 1.25 bits per heavy atom. The Morgan fingerprint density at radius 2 is 1.96 bits per heavy atom. The third-order valence-corrected chi connectivity index (χ3v) is 5.86. The number of carboxylic acids is 1. The third-order valence-electron chi connectivity index (χ3n) is 5.86.